The van der Waals surface area contributed by atoms with E-state index in [-0.39, 0.29) is 5.91 Å². The van der Waals surface area contributed by atoms with E-state index in [4.69, 9.17) is 17.0 Å². The van der Waals surface area contributed by atoms with Crippen molar-refractivity contribution in [2.45, 2.75) is 0 Å². The quantitative estimate of drug-likeness (QED) is 0.356. The second kappa shape index (κ2) is 7.46. The van der Waals surface area contributed by atoms with Crippen molar-refractivity contribution in [2.24, 2.45) is 0 Å². The second-order valence-corrected chi connectivity index (χ2v) is 8.49. The van der Waals surface area contributed by atoms with Crippen LogP contribution in [0.15, 0.2) is 70.0 Å². The molecule has 0 atom stereocenters. The van der Waals surface area contributed by atoms with Crippen molar-refractivity contribution in [3.63, 3.8) is 0 Å². The van der Waals surface area contributed by atoms with Gasteiger partial charge in [0.15, 0.2) is 4.32 Å². The third kappa shape index (κ3) is 3.40. The average molecular weight is 456 g/mol. The van der Waals surface area contributed by atoms with Gasteiger partial charge < -0.3 is 4.74 Å². The molecule has 3 aromatic rings. The fourth-order valence-corrected chi connectivity index (χ4v) is 4.71. The summed E-state index contributed by atoms with van der Waals surface area (Å²) < 4.78 is 6.95. The highest BCUT2D eigenvalue weighted by Crippen LogP contribution is 2.39. The highest BCUT2D eigenvalue weighted by atomic mass is 79.9. The Kier molecular flexibility index (Phi) is 5.04. The molecular weight excluding hydrogens is 442 g/mol. The van der Waals surface area contributed by atoms with Crippen LogP contribution in [0.1, 0.15) is 5.56 Å². The van der Waals surface area contributed by atoms with E-state index in [9.17, 15) is 4.79 Å². The van der Waals surface area contributed by atoms with Gasteiger partial charge in [-0.05, 0) is 41.1 Å². The standard InChI is InChI=1S/C21H14BrNO2S2/c1-25-18-10-9-13-5-2-3-8-16(13)17(18)12-19-20(24)23(21(26)27-19)15-7-4-6-14(22)11-15/h2-12H,1H3/b19-12+. The number of hydrogen-bond acceptors (Lipinski definition) is 4. The number of thiocarbonyl (C=S) groups is 1. The van der Waals surface area contributed by atoms with Crippen molar-refractivity contribution in [1.29, 1.82) is 0 Å². The predicted octanol–water partition coefficient (Wildman–Crippen LogP) is 6.02. The Morgan fingerprint density at radius 3 is 2.70 bits per heavy atom. The fourth-order valence-electron chi connectivity index (χ4n) is 3.04. The zero-order valence-corrected chi connectivity index (χ0v) is 17.5. The highest BCUT2D eigenvalue weighted by Gasteiger charge is 2.33. The Labute approximate surface area is 175 Å². The lowest BCUT2D eigenvalue weighted by Crippen LogP contribution is -2.27. The topological polar surface area (TPSA) is 29.5 Å². The maximum absolute atomic E-state index is 13.1. The summed E-state index contributed by atoms with van der Waals surface area (Å²) in [4.78, 5) is 15.2. The molecule has 0 bridgehead atoms. The number of rotatable bonds is 3. The van der Waals surface area contributed by atoms with Gasteiger partial charge >= 0.3 is 0 Å². The molecule has 1 aliphatic heterocycles. The summed E-state index contributed by atoms with van der Waals surface area (Å²) >= 11 is 10.2. The zero-order chi connectivity index (χ0) is 19.0. The first-order chi connectivity index (χ1) is 13.1. The molecule has 0 aromatic heterocycles. The van der Waals surface area contributed by atoms with E-state index in [0.717, 1.165) is 32.2 Å². The molecule has 6 heteroatoms. The zero-order valence-electron chi connectivity index (χ0n) is 14.3. The number of ether oxygens (including phenoxy) is 1. The van der Waals surface area contributed by atoms with E-state index in [1.54, 1.807) is 12.0 Å². The van der Waals surface area contributed by atoms with Gasteiger partial charge in [0.2, 0.25) is 0 Å². The van der Waals surface area contributed by atoms with Crippen LogP contribution in [0.2, 0.25) is 0 Å². The van der Waals surface area contributed by atoms with Crippen LogP contribution in [-0.2, 0) is 4.79 Å². The summed E-state index contributed by atoms with van der Waals surface area (Å²) in [5.74, 6) is 0.597. The molecule has 1 heterocycles. The first-order valence-corrected chi connectivity index (χ1v) is 10.2. The number of methoxy groups -OCH3 is 1. The number of benzene rings is 3. The number of carbonyl (C=O) groups excluding carboxylic acids is 1. The van der Waals surface area contributed by atoms with Crippen molar-refractivity contribution >= 4 is 72.7 Å². The summed E-state index contributed by atoms with van der Waals surface area (Å²) in [5.41, 5.74) is 1.63. The SMILES string of the molecule is COc1ccc2ccccc2c1/C=C1/SC(=S)N(c2cccc(Br)c2)C1=O. The summed E-state index contributed by atoms with van der Waals surface area (Å²) in [6.07, 6.45) is 1.87. The number of thioether (sulfide) groups is 1. The maximum atomic E-state index is 13.1. The second-order valence-electron chi connectivity index (χ2n) is 5.90. The van der Waals surface area contributed by atoms with Crippen LogP contribution in [-0.4, -0.2) is 17.3 Å². The van der Waals surface area contributed by atoms with Crippen molar-refractivity contribution < 1.29 is 9.53 Å². The molecule has 1 saturated heterocycles. The van der Waals surface area contributed by atoms with Crippen LogP contribution in [0.25, 0.3) is 16.8 Å². The molecular formula is C21H14BrNO2S2. The lowest BCUT2D eigenvalue weighted by molar-refractivity contribution is -0.113. The van der Waals surface area contributed by atoms with Crippen LogP contribution in [0.5, 0.6) is 5.75 Å². The molecule has 1 aliphatic rings. The van der Waals surface area contributed by atoms with E-state index < -0.39 is 0 Å². The van der Waals surface area contributed by atoms with Gasteiger partial charge in [-0.2, -0.15) is 0 Å². The molecule has 134 valence electrons. The molecule has 4 rings (SSSR count). The molecule has 0 N–H and O–H groups in total. The molecule has 0 unspecified atom stereocenters. The summed E-state index contributed by atoms with van der Waals surface area (Å²) in [6.45, 7) is 0. The molecule has 1 fully saturated rings. The van der Waals surface area contributed by atoms with E-state index in [1.807, 2.05) is 66.7 Å². The lowest BCUT2D eigenvalue weighted by atomic mass is 10.0. The van der Waals surface area contributed by atoms with E-state index in [0.29, 0.717) is 9.23 Å². The number of nitrogens with zero attached hydrogens (tertiary/aromatic N) is 1. The third-order valence-corrected chi connectivity index (χ3v) is 6.08. The minimum Gasteiger partial charge on any atom is -0.496 e. The van der Waals surface area contributed by atoms with Crippen LogP contribution in [0, 0.1) is 0 Å². The van der Waals surface area contributed by atoms with Crippen molar-refractivity contribution in [3.05, 3.63) is 75.6 Å². The average Bonchev–Trinajstić information content (AvgIpc) is 2.95. The molecule has 27 heavy (non-hydrogen) atoms. The van der Waals surface area contributed by atoms with Crippen LogP contribution in [0.4, 0.5) is 5.69 Å². The minimum atomic E-state index is -0.127. The normalized spacial score (nSPS) is 15.8. The number of carbonyl (C=O) groups is 1. The van der Waals surface area contributed by atoms with Gasteiger partial charge in [0, 0.05) is 10.0 Å². The van der Waals surface area contributed by atoms with Gasteiger partial charge in [-0.1, -0.05) is 76.3 Å². The van der Waals surface area contributed by atoms with Gasteiger partial charge in [-0.3, -0.25) is 9.69 Å². The molecule has 0 radical (unpaired) electrons. The van der Waals surface area contributed by atoms with Gasteiger partial charge in [0.1, 0.15) is 5.75 Å². The van der Waals surface area contributed by atoms with Crippen LogP contribution in [0.3, 0.4) is 0 Å². The molecule has 0 aliphatic carbocycles. The van der Waals surface area contributed by atoms with E-state index in [2.05, 4.69) is 15.9 Å². The minimum absolute atomic E-state index is 0.127. The number of anilines is 1. The summed E-state index contributed by atoms with van der Waals surface area (Å²) in [7, 11) is 1.63. The van der Waals surface area contributed by atoms with Gasteiger partial charge in [-0.15, -0.1) is 0 Å². The highest BCUT2D eigenvalue weighted by molar-refractivity contribution is 9.10. The maximum Gasteiger partial charge on any atom is 0.270 e. The number of hydrogen-bond donors (Lipinski definition) is 0. The molecule has 0 spiro atoms. The first-order valence-electron chi connectivity index (χ1n) is 8.18. The Balaban J connectivity index is 1.81. The lowest BCUT2D eigenvalue weighted by Gasteiger charge is -2.14. The van der Waals surface area contributed by atoms with Crippen molar-refractivity contribution in [2.75, 3.05) is 12.0 Å². The molecule has 3 nitrogen and oxygen atoms in total. The Bertz CT molecular complexity index is 1110. The summed E-state index contributed by atoms with van der Waals surface area (Å²) in [5, 5.41) is 2.12. The predicted molar refractivity (Wildman–Crippen MR) is 120 cm³/mol. The smallest absolute Gasteiger partial charge is 0.270 e. The van der Waals surface area contributed by atoms with Gasteiger partial charge in [-0.25, -0.2) is 0 Å². The first kappa shape index (κ1) is 18.2. The number of halogens is 1. The van der Waals surface area contributed by atoms with Crippen LogP contribution >= 0.6 is 39.9 Å². The molecule has 3 aromatic carbocycles. The van der Waals surface area contributed by atoms with Crippen LogP contribution < -0.4 is 9.64 Å². The summed E-state index contributed by atoms with van der Waals surface area (Å²) in [6, 6.07) is 19.5. The van der Waals surface area contributed by atoms with Gasteiger partial charge in [0.05, 0.1) is 17.7 Å². The number of fused-ring (bicyclic) bond motifs is 1. The van der Waals surface area contributed by atoms with E-state index in [1.165, 1.54) is 11.8 Å². The monoisotopic (exact) mass is 455 g/mol. The Hall–Kier alpha value is -2.15. The van der Waals surface area contributed by atoms with E-state index >= 15 is 0 Å². The van der Waals surface area contributed by atoms with Crippen molar-refractivity contribution in [3.8, 4) is 5.75 Å². The third-order valence-electron chi connectivity index (χ3n) is 4.29. The largest absolute Gasteiger partial charge is 0.496 e. The number of amides is 1. The fraction of sp³-hybridized carbons (Fsp3) is 0.0476. The Morgan fingerprint density at radius 1 is 1.11 bits per heavy atom. The van der Waals surface area contributed by atoms with Crippen molar-refractivity contribution in [1.82, 2.24) is 0 Å². The van der Waals surface area contributed by atoms with Gasteiger partial charge in [0.25, 0.3) is 5.91 Å². The Morgan fingerprint density at radius 2 is 1.93 bits per heavy atom. The molecule has 0 saturated carbocycles. The molecule has 1 amide bonds.